The summed E-state index contributed by atoms with van der Waals surface area (Å²) in [4.78, 5) is 0. The summed E-state index contributed by atoms with van der Waals surface area (Å²) in [6.45, 7) is 1.10. The molecule has 9 rings (SSSR count). The van der Waals surface area contributed by atoms with Crippen LogP contribution in [0.3, 0.4) is 0 Å². The van der Waals surface area contributed by atoms with Crippen LogP contribution in [0.5, 0.6) is 5.75 Å². The molecular weight excluding hydrogens is 652 g/mol. The van der Waals surface area contributed by atoms with Crippen LogP contribution in [-0.2, 0) is 62.1 Å². The minimum Gasteiger partial charge on any atom is -0.493 e. The fourth-order valence-corrected chi connectivity index (χ4v) is 7.38. The molecule has 5 aromatic carbocycles. The Hall–Kier alpha value is -4.05. The van der Waals surface area contributed by atoms with E-state index in [0.717, 1.165) is 45.6 Å². The highest BCUT2D eigenvalue weighted by Gasteiger charge is 2.75. The first-order valence-electron chi connectivity index (χ1n) is 17.1. The van der Waals surface area contributed by atoms with Gasteiger partial charge < -0.3 is 33.5 Å². The molecule has 8 heteroatoms. The summed E-state index contributed by atoms with van der Waals surface area (Å²) in [5.41, 5.74) is 6.93. The van der Waals surface area contributed by atoms with Crippen molar-refractivity contribution >= 4 is 11.6 Å². The molecule has 0 aromatic heterocycles. The molecule has 7 nitrogen and oxygen atoms in total. The SMILES string of the molecule is OCC12OC(c3ccc(Cl)c(Cc4ccc5c(c4)CCO5)c3)(O1)[C@H](OCc1ccccc1)[C@@H](OCc1ccccc1)[C@@H]2OCc1ccccc1. The van der Waals surface area contributed by atoms with Crippen molar-refractivity contribution in [3.8, 4) is 5.75 Å². The van der Waals surface area contributed by atoms with Gasteiger partial charge in [0.15, 0.2) is 0 Å². The highest BCUT2D eigenvalue weighted by Crippen LogP contribution is 2.58. The number of hydrogen-bond acceptors (Lipinski definition) is 7. The molecular formula is C42H39ClO7. The molecule has 0 saturated carbocycles. The predicted molar refractivity (Wildman–Crippen MR) is 189 cm³/mol. The summed E-state index contributed by atoms with van der Waals surface area (Å²) in [5, 5.41) is 11.6. The molecule has 4 aliphatic rings. The first-order chi connectivity index (χ1) is 24.5. The molecule has 3 saturated heterocycles. The van der Waals surface area contributed by atoms with Crippen LogP contribution >= 0.6 is 11.6 Å². The van der Waals surface area contributed by atoms with Crippen molar-refractivity contribution in [3.05, 3.63) is 171 Å². The van der Waals surface area contributed by atoms with Crippen molar-refractivity contribution < 1.29 is 33.5 Å². The van der Waals surface area contributed by atoms with Gasteiger partial charge in [-0.05, 0) is 58.0 Å². The predicted octanol–water partition coefficient (Wildman–Crippen LogP) is 7.52. The van der Waals surface area contributed by atoms with Gasteiger partial charge in [0.25, 0.3) is 0 Å². The summed E-state index contributed by atoms with van der Waals surface area (Å²) in [5.74, 6) is -1.95. The Balaban J connectivity index is 1.17. The van der Waals surface area contributed by atoms with Crippen LogP contribution in [0.15, 0.2) is 127 Å². The first-order valence-corrected chi connectivity index (χ1v) is 17.4. The van der Waals surface area contributed by atoms with Gasteiger partial charge in [0, 0.05) is 17.0 Å². The Labute approximate surface area is 297 Å². The van der Waals surface area contributed by atoms with E-state index in [9.17, 15) is 5.11 Å². The third kappa shape index (κ3) is 6.47. The number of rotatable bonds is 13. The van der Waals surface area contributed by atoms with Gasteiger partial charge in [0.2, 0.25) is 11.6 Å². The lowest BCUT2D eigenvalue weighted by Gasteiger charge is -2.66. The molecule has 50 heavy (non-hydrogen) atoms. The quantitative estimate of drug-likeness (QED) is 0.137. The summed E-state index contributed by atoms with van der Waals surface area (Å²) in [7, 11) is 0. The van der Waals surface area contributed by atoms with Gasteiger partial charge in [-0.25, -0.2) is 0 Å². The topological polar surface area (TPSA) is 75.6 Å². The number of aliphatic hydroxyl groups is 1. The van der Waals surface area contributed by atoms with Crippen LogP contribution in [0.1, 0.15) is 38.9 Å². The van der Waals surface area contributed by atoms with Gasteiger partial charge in [-0.2, -0.15) is 0 Å². The number of benzene rings is 5. The smallest absolute Gasteiger partial charge is 0.230 e. The molecule has 1 N–H and O–H groups in total. The molecule has 0 unspecified atom stereocenters. The third-order valence-corrected chi connectivity index (χ3v) is 10.1. The van der Waals surface area contributed by atoms with Crippen molar-refractivity contribution in [2.75, 3.05) is 13.2 Å². The van der Waals surface area contributed by atoms with Gasteiger partial charge in [-0.3, -0.25) is 0 Å². The minimum atomic E-state index is -1.48. The lowest BCUT2D eigenvalue weighted by atomic mass is 9.80. The number of aliphatic hydroxyl groups excluding tert-OH is 1. The van der Waals surface area contributed by atoms with Crippen molar-refractivity contribution in [3.63, 3.8) is 0 Å². The molecule has 0 spiro atoms. The van der Waals surface area contributed by atoms with E-state index in [4.69, 9.17) is 40.0 Å². The van der Waals surface area contributed by atoms with Crippen LogP contribution in [0.25, 0.3) is 0 Å². The highest BCUT2D eigenvalue weighted by atomic mass is 35.5. The number of fused-ring (bicyclic) bond motifs is 3. The average Bonchev–Trinajstić information content (AvgIpc) is 3.62. The zero-order chi connectivity index (χ0) is 34.0. The first kappa shape index (κ1) is 33.1. The lowest BCUT2D eigenvalue weighted by molar-refractivity contribution is -0.597. The van der Waals surface area contributed by atoms with Gasteiger partial charge in [0.1, 0.15) is 30.7 Å². The van der Waals surface area contributed by atoms with Gasteiger partial charge in [0.05, 0.1) is 26.4 Å². The minimum absolute atomic E-state index is 0.264. The van der Waals surface area contributed by atoms with E-state index >= 15 is 0 Å². The van der Waals surface area contributed by atoms with Gasteiger partial charge in [-0.15, -0.1) is 0 Å². The maximum atomic E-state index is 10.9. The normalized spacial score (nSPS) is 25.0. The van der Waals surface area contributed by atoms with E-state index in [1.165, 1.54) is 5.56 Å². The van der Waals surface area contributed by atoms with Crippen LogP contribution in [0.2, 0.25) is 5.02 Å². The molecule has 4 aliphatic heterocycles. The fraction of sp³-hybridized carbons (Fsp3) is 0.286. The zero-order valence-electron chi connectivity index (χ0n) is 27.6. The summed E-state index contributed by atoms with van der Waals surface area (Å²) < 4.78 is 39.5. The van der Waals surface area contributed by atoms with Crippen molar-refractivity contribution in [1.29, 1.82) is 0 Å². The van der Waals surface area contributed by atoms with E-state index in [2.05, 4.69) is 12.1 Å². The van der Waals surface area contributed by atoms with Gasteiger partial charge in [-0.1, -0.05) is 121 Å². The highest BCUT2D eigenvalue weighted by molar-refractivity contribution is 6.31. The molecule has 3 atom stereocenters. The average molecular weight is 691 g/mol. The third-order valence-electron chi connectivity index (χ3n) is 9.70. The maximum Gasteiger partial charge on any atom is 0.230 e. The van der Waals surface area contributed by atoms with Crippen molar-refractivity contribution in [2.45, 2.75) is 62.5 Å². The van der Waals surface area contributed by atoms with Crippen LogP contribution in [0.4, 0.5) is 0 Å². The molecule has 3 fully saturated rings. The molecule has 5 aromatic rings. The summed E-state index contributed by atoms with van der Waals surface area (Å²) >= 11 is 6.84. The van der Waals surface area contributed by atoms with E-state index in [1.54, 1.807) is 0 Å². The molecule has 0 amide bonds. The van der Waals surface area contributed by atoms with Crippen LogP contribution in [0, 0.1) is 0 Å². The molecule has 0 aliphatic carbocycles. The van der Waals surface area contributed by atoms with Crippen molar-refractivity contribution in [1.82, 2.24) is 0 Å². The second-order valence-electron chi connectivity index (χ2n) is 13.1. The second-order valence-corrected chi connectivity index (χ2v) is 13.5. The van der Waals surface area contributed by atoms with E-state index in [-0.39, 0.29) is 13.2 Å². The summed E-state index contributed by atoms with van der Waals surface area (Å²) in [6.07, 6.45) is -0.795. The zero-order valence-corrected chi connectivity index (χ0v) is 28.3. The van der Waals surface area contributed by atoms with Crippen LogP contribution < -0.4 is 4.74 Å². The van der Waals surface area contributed by atoms with E-state index in [1.807, 2.05) is 115 Å². The van der Waals surface area contributed by atoms with E-state index in [0.29, 0.717) is 24.7 Å². The standard InChI is InChI=1S/C42H39ClO7/c43-36-18-17-35(24-34(36)23-32-16-19-37-33(22-32)20-21-45-37)42-40(48-27-31-14-8-3-9-15-31)38(46-25-29-10-4-1-5-11-29)39(41(28-44,49-42)50-42)47-26-30-12-6-2-7-13-30/h1-19,22,24,38-40,44H,20-21,23,25-28H2/t38-,39-,40+,41?,42?/m0/s1. The molecule has 256 valence electrons. The monoisotopic (exact) mass is 690 g/mol. The van der Waals surface area contributed by atoms with E-state index < -0.39 is 36.5 Å². The van der Waals surface area contributed by atoms with Crippen molar-refractivity contribution in [2.24, 2.45) is 0 Å². The maximum absolute atomic E-state index is 10.9. The van der Waals surface area contributed by atoms with Crippen LogP contribution in [-0.4, -0.2) is 42.4 Å². The Bertz CT molecular complexity index is 1900. The molecule has 2 bridgehead atoms. The Kier molecular flexibility index (Phi) is 9.46. The Morgan fingerprint density at radius 3 is 1.88 bits per heavy atom. The molecule has 0 radical (unpaired) electrons. The Morgan fingerprint density at radius 1 is 0.660 bits per heavy atom. The van der Waals surface area contributed by atoms with Gasteiger partial charge >= 0.3 is 0 Å². The summed E-state index contributed by atoms with van der Waals surface area (Å²) in [6, 6.07) is 41.9. The number of hydrogen-bond donors (Lipinski definition) is 1. The number of ether oxygens (including phenoxy) is 6. The lowest BCUT2D eigenvalue weighted by Crippen LogP contribution is -2.82. The second kappa shape index (κ2) is 14.3. The Morgan fingerprint density at radius 2 is 1.26 bits per heavy atom. The molecule has 4 heterocycles. The largest absolute Gasteiger partial charge is 0.493 e. The fourth-order valence-electron chi connectivity index (χ4n) is 7.20. The number of halogens is 1.